The predicted molar refractivity (Wildman–Crippen MR) is 44.3 cm³/mol. The number of carboxylic acids is 1. The highest BCUT2D eigenvalue weighted by Gasteiger charge is 2.42. The molecule has 1 heterocycles. The van der Waals surface area contributed by atoms with Crippen LogP contribution in [0, 0.1) is 0 Å². The molecular formula is C8H13F2NO3. The van der Waals surface area contributed by atoms with E-state index in [0.717, 1.165) is 6.92 Å². The fraction of sp³-hybridized carbons (Fsp3) is 0.875. The monoisotopic (exact) mass is 209 g/mol. The van der Waals surface area contributed by atoms with E-state index < -0.39 is 24.0 Å². The summed E-state index contributed by atoms with van der Waals surface area (Å²) in [6.45, 7) is 0.483. The first-order valence-corrected chi connectivity index (χ1v) is 4.29. The normalized spacial score (nSPS) is 26.0. The summed E-state index contributed by atoms with van der Waals surface area (Å²) in [5.74, 6) is -4.15. The zero-order valence-electron chi connectivity index (χ0n) is 7.83. The second-order valence-corrected chi connectivity index (χ2v) is 3.90. The molecule has 1 atom stereocenters. The van der Waals surface area contributed by atoms with Gasteiger partial charge in [-0.25, -0.2) is 13.6 Å². The summed E-state index contributed by atoms with van der Waals surface area (Å²) in [6.07, 6.45) is -0.275. The third kappa shape index (κ3) is 2.62. The number of likely N-dealkylation sites (tertiary alicyclic amines) is 1. The molecule has 0 radical (unpaired) electrons. The number of nitrogens with zero attached hydrogens (tertiary/aromatic N) is 1. The van der Waals surface area contributed by atoms with Gasteiger partial charge in [-0.15, -0.1) is 0 Å². The zero-order chi connectivity index (χ0) is 11.0. The molecule has 0 aromatic rings. The molecule has 0 aromatic heterocycles. The summed E-state index contributed by atoms with van der Waals surface area (Å²) in [6, 6.07) is 0. The maximum atomic E-state index is 12.7. The van der Waals surface area contributed by atoms with E-state index >= 15 is 0 Å². The molecule has 0 saturated carbocycles. The Morgan fingerprint density at radius 3 is 2.57 bits per heavy atom. The van der Waals surface area contributed by atoms with Crippen LogP contribution in [-0.2, 0) is 4.79 Å². The number of hydrogen-bond donors (Lipinski definition) is 2. The fourth-order valence-corrected chi connectivity index (χ4v) is 1.44. The molecule has 0 aliphatic carbocycles. The van der Waals surface area contributed by atoms with Crippen LogP contribution in [0.5, 0.6) is 0 Å². The van der Waals surface area contributed by atoms with E-state index in [1.807, 2.05) is 0 Å². The van der Waals surface area contributed by atoms with Gasteiger partial charge in [0.05, 0.1) is 6.54 Å². The summed E-state index contributed by atoms with van der Waals surface area (Å²) < 4.78 is 25.4. The molecular weight excluding hydrogens is 196 g/mol. The highest BCUT2D eigenvalue weighted by molar-refractivity contribution is 5.76. The number of rotatable bonds is 3. The van der Waals surface area contributed by atoms with Crippen LogP contribution in [0.15, 0.2) is 0 Å². The maximum Gasteiger partial charge on any atom is 0.336 e. The second kappa shape index (κ2) is 3.43. The van der Waals surface area contributed by atoms with Crippen LogP contribution in [0.3, 0.4) is 0 Å². The van der Waals surface area contributed by atoms with Crippen LogP contribution in [0.25, 0.3) is 0 Å². The van der Waals surface area contributed by atoms with Gasteiger partial charge in [-0.2, -0.15) is 0 Å². The first kappa shape index (κ1) is 11.3. The Morgan fingerprint density at radius 2 is 2.21 bits per heavy atom. The minimum absolute atomic E-state index is 0.121. The van der Waals surface area contributed by atoms with Crippen molar-refractivity contribution in [2.75, 3.05) is 19.6 Å². The van der Waals surface area contributed by atoms with Gasteiger partial charge < -0.3 is 10.2 Å². The summed E-state index contributed by atoms with van der Waals surface area (Å²) >= 11 is 0. The minimum atomic E-state index is -2.76. The third-order valence-electron chi connectivity index (χ3n) is 2.24. The van der Waals surface area contributed by atoms with Gasteiger partial charge in [-0.3, -0.25) is 4.90 Å². The van der Waals surface area contributed by atoms with E-state index in [1.54, 1.807) is 0 Å². The van der Waals surface area contributed by atoms with Gasteiger partial charge in [-0.05, 0) is 6.92 Å². The molecule has 1 aliphatic rings. The summed E-state index contributed by atoms with van der Waals surface area (Å²) in [5.41, 5.74) is -1.96. The summed E-state index contributed by atoms with van der Waals surface area (Å²) in [4.78, 5) is 11.8. The molecule has 6 heteroatoms. The number of alkyl halides is 2. The first-order chi connectivity index (χ1) is 6.23. The lowest BCUT2D eigenvalue weighted by Crippen LogP contribution is -2.46. The molecule has 2 N–H and O–H groups in total. The smallest absolute Gasteiger partial charge is 0.336 e. The Balaban J connectivity index is 2.51. The molecule has 1 aliphatic heterocycles. The van der Waals surface area contributed by atoms with E-state index in [9.17, 15) is 18.7 Å². The largest absolute Gasteiger partial charge is 0.479 e. The molecule has 1 fully saturated rings. The first-order valence-electron chi connectivity index (χ1n) is 4.29. The van der Waals surface area contributed by atoms with E-state index in [1.165, 1.54) is 4.90 Å². The van der Waals surface area contributed by atoms with E-state index in [0.29, 0.717) is 0 Å². The van der Waals surface area contributed by atoms with Crippen LogP contribution in [0.2, 0.25) is 0 Å². The highest BCUT2D eigenvalue weighted by Crippen LogP contribution is 2.27. The van der Waals surface area contributed by atoms with Crippen molar-refractivity contribution in [3.8, 4) is 0 Å². The Hall–Kier alpha value is -0.750. The molecule has 0 bridgehead atoms. The molecule has 14 heavy (non-hydrogen) atoms. The van der Waals surface area contributed by atoms with Crippen LogP contribution in [-0.4, -0.2) is 52.2 Å². The Bertz CT molecular complexity index is 243. The van der Waals surface area contributed by atoms with Crippen LogP contribution in [0.4, 0.5) is 8.78 Å². The molecule has 1 saturated heterocycles. The van der Waals surface area contributed by atoms with Gasteiger partial charge in [0, 0.05) is 19.5 Å². The average molecular weight is 209 g/mol. The van der Waals surface area contributed by atoms with Gasteiger partial charge in [0.2, 0.25) is 0 Å². The van der Waals surface area contributed by atoms with Crippen molar-refractivity contribution in [2.24, 2.45) is 0 Å². The number of β-amino-alcohol motifs (C(OH)–C–C–N with tert-alkyl or cyclic N) is 1. The Labute approximate surface area is 80.1 Å². The number of halogens is 2. The quantitative estimate of drug-likeness (QED) is 0.695. The number of carbonyl (C=O) groups is 1. The molecule has 1 unspecified atom stereocenters. The lowest BCUT2D eigenvalue weighted by molar-refractivity contribution is -0.158. The number of carboxylic acid groups (broad SMARTS) is 1. The van der Waals surface area contributed by atoms with Crippen molar-refractivity contribution in [3.05, 3.63) is 0 Å². The molecule has 0 amide bonds. The minimum Gasteiger partial charge on any atom is -0.479 e. The maximum absolute atomic E-state index is 12.7. The summed E-state index contributed by atoms with van der Waals surface area (Å²) in [7, 11) is 0. The standard InChI is InChI=1S/C8H13F2NO3/c1-7(14,6(12)13)4-11-3-2-8(9,10)5-11/h14H,2-5H2,1H3,(H,12,13). The second-order valence-electron chi connectivity index (χ2n) is 3.90. The number of hydrogen-bond acceptors (Lipinski definition) is 3. The average Bonchev–Trinajstić information content (AvgIpc) is 2.28. The van der Waals surface area contributed by atoms with Gasteiger partial charge in [-0.1, -0.05) is 0 Å². The Morgan fingerprint density at radius 1 is 1.64 bits per heavy atom. The van der Waals surface area contributed by atoms with Crippen molar-refractivity contribution in [3.63, 3.8) is 0 Å². The van der Waals surface area contributed by atoms with E-state index in [4.69, 9.17) is 5.11 Å². The van der Waals surface area contributed by atoms with Crippen molar-refractivity contribution >= 4 is 5.97 Å². The molecule has 1 rings (SSSR count). The van der Waals surface area contributed by atoms with Gasteiger partial charge in [0.1, 0.15) is 0 Å². The molecule has 82 valence electrons. The topological polar surface area (TPSA) is 60.8 Å². The zero-order valence-corrected chi connectivity index (χ0v) is 7.83. The number of aliphatic hydroxyl groups is 1. The summed E-state index contributed by atoms with van der Waals surface area (Å²) in [5, 5.41) is 17.9. The number of aliphatic carboxylic acids is 1. The van der Waals surface area contributed by atoms with Crippen molar-refractivity contribution in [1.82, 2.24) is 4.90 Å². The van der Waals surface area contributed by atoms with E-state index in [-0.39, 0.29) is 19.5 Å². The van der Waals surface area contributed by atoms with Crippen LogP contribution < -0.4 is 0 Å². The molecule has 4 nitrogen and oxygen atoms in total. The highest BCUT2D eigenvalue weighted by atomic mass is 19.3. The van der Waals surface area contributed by atoms with Crippen molar-refractivity contribution in [1.29, 1.82) is 0 Å². The van der Waals surface area contributed by atoms with Gasteiger partial charge in [0.15, 0.2) is 5.60 Å². The van der Waals surface area contributed by atoms with E-state index in [2.05, 4.69) is 0 Å². The molecule has 0 aromatic carbocycles. The third-order valence-corrected chi connectivity index (χ3v) is 2.24. The van der Waals surface area contributed by atoms with Crippen LogP contribution in [0.1, 0.15) is 13.3 Å². The predicted octanol–water partition coefficient (Wildman–Crippen LogP) is 0.163. The van der Waals surface area contributed by atoms with Crippen LogP contribution >= 0.6 is 0 Å². The lowest BCUT2D eigenvalue weighted by Gasteiger charge is -2.24. The van der Waals surface area contributed by atoms with Gasteiger partial charge >= 0.3 is 5.97 Å². The Kier molecular flexibility index (Phi) is 2.78. The SMILES string of the molecule is CC(O)(CN1CCC(F)(F)C1)C(=O)O. The molecule has 0 spiro atoms. The van der Waals surface area contributed by atoms with Crippen molar-refractivity contribution in [2.45, 2.75) is 24.9 Å². The lowest BCUT2D eigenvalue weighted by atomic mass is 10.1. The van der Waals surface area contributed by atoms with Crippen molar-refractivity contribution < 1.29 is 23.8 Å². The fourth-order valence-electron chi connectivity index (χ4n) is 1.44. The van der Waals surface area contributed by atoms with Gasteiger partial charge in [0.25, 0.3) is 5.92 Å².